The third-order valence-electron chi connectivity index (χ3n) is 5.54. The zero-order valence-corrected chi connectivity index (χ0v) is 17.8. The molecule has 0 aliphatic carbocycles. The Kier molecular flexibility index (Phi) is 6.19. The molecule has 0 saturated heterocycles. The van der Waals surface area contributed by atoms with Gasteiger partial charge in [-0.1, -0.05) is 0 Å². The molecule has 0 saturated carbocycles. The molecule has 4 rings (SSSR count). The number of benzene rings is 4. The molecule has 0 aromatic heterocycles. The van der Waals surface area contributed by atoms with Gasteiger partial charge in [-0.2, -0.15) is 0 Å². The Morgan fingerprint density at radius 3 is 1.14 bits per heavy atom. The van der Waals surface area contributed by atoms with Crippen molar-refractivity contribution in [3.63, 3.8) is 0 Å². The summed E-state index contributed by atoms with van der Waals surface area (Å²) in [7, 11) is 0. The average molecular weight is 416 g/mol. The molecule has 3 heteroatoms. The number of hydrogen-bond donors (Lipinski definition) is 0. The summed E-state index contributed by atoms with van der Waals surface area (Å²) < 4.78 is 0. The van der Waals surface area contributed by atoms with Crippen LogP contribution >= 0.6 is 19.0 Å². The van der Waals surface area contributed by atoms with Crippen molar-refractivity contribution in [2.75, 3.05) is 0 Å². The third kappa shape index (κ3) is 3.36. The first-order valence-corrected chi connectivity index (χ1v) is 11.9. The van der Waals surface area contributed by atoms with Gasteiger partial charge in [-0.25, -0.2) is 0 Å². The fourth-order valence-corrected chi connectivity index (χ4v) is 9.44. The van der Waals surface area contributed by atoms with Crippen molar-refractivity contribution in [2.45, 2.75) is 6.16 Å². The van der Waals surface area contributed by atoms with E-state index in [4.69, 9.17) is 0 Å². The predicted molar refractivity (Wildman–Crippen MR) is 128 cm³/mol. The zero-order chi connectivity index (χ0) is 19.3. The fraction of sp³-hybridized carbons (Fsp3) is 0.0385. The average Bonchev–Trinajstić information content (AvgIpc) is 2.80. The first kappa shape index (κ1) is 20.8. The molecule has 0 radical (unpaired) electrons. The summed E-state index contributed by atoms with van der Waals surface area (Å²) in [6.07, 6.45) is 0.682. The minimum absolute atomic E-state index is 0. The van der Waals surface area contributed by atoms with Gasteiger partial charge in [0.1, 0.15) is 0 Å². The van der Waals surface area contributed by atoms with Crippen LogP contribution in [0.1, 0.15) is 5.56 Å². The van der Waals surface area contributed by atoms with E-state index in [9.17, 15) is 5.26 Å². The topological polar surface area (TPSA) is 23.8 Å². The molecule has 0 heterocycles. The van der Waals surface area contributed by atoms with Crippen LogP contribution in [0.2, 0.25) is 0 Å². The van der Waals surface area contributed by atoms with Crippen molar-refractivity contribution in [2.24, 2.45) is 0 Å². The molecule has 0 fully saturated rings. The van der Waals surface area contributed by atoms with Crippen LogP contribution in [-0.4, -0.2) is 0 Å². The van der Waals surface area contributed by atoms with Crippen LogP contribution in [0.5, 0.6) is 0 Å². The van der Waals surface area contributed by atoms with Crippen LogP contribution in [0.3, 0.4) is 0 Å². The van der Waals surface area contributed by atoms with E-state index in [0.29, 0.717) is 6.16 Å². The predicted octanol–water partition coefficient (Wildman–Crippen LogP) is 5.62. The molecule has 1 nitrogen and oxygen atoms in total. The molecule has 0 spiro atoms. The number of nitriles is 1. The molecular weight excluding hydrogens is 393 g/mol. The maximum absolute atomic E-state index is 11.1. The fourth-order valence-electron chi connectivity index (χ4n) is 4.15. The molecule has 0 N–H and O–H groups in total. The molecular formula is C26H23ClNP. The van der Waals surface area contributed by atoms with Gasteiger partial charge in [0, 0.05) is 0 Å². The second-order valence-electron chi connectivity index (χ2n) is 7.05. The Balaban J connectivity index is 0.00000240. The van der Waals surface area contributed by atoms with Gasteiger partial charge in [-0.05, 0) is 0 Å². The molecule has 0 atom stereocenters. The Morgan fingerprint density at radius 2 is 0.828 bits per heavy atom. The second kappa shape index (κ2) is 8.62. The SMILES string of the molecule is Cl.N#CP(Cc1ccccc1)(c1ccccc1)(c1ccccc1)c1ccccc1. The first-order chi connectivity index (χ1) is 13.8. The Labute approximate surface area is 179 Å². The van der Waals surface area contributed by atoms with Crippen molar-refractivity contribution in [1.29, 1.82) is 5.26 Å². The van der Waals surface area contributed by atoms with Crippen molar-refractivity contribution < 1.29 is 0 Å². The van der Waals surface area contributed by atoms with Gasteiger partial charge in [0.05, 0.1) is 0 Å². The van der Waals surface area contributed by atoms with Gasteiger partial charge in [-0.15, -0.1) is 12.4 Å². The van der Waals surface area contributed by atoms with Crippen LogP contribution in [0.25, 0.3) is 0 Å². The van der Waals surface area contributed by atoms with Crippen LogP contribution in [0.15, 0.2) is 121 Å². The summed E-state index contributed by atoms with van der Waals surface area (Å²) in [5.41, 5.74) is 1.18. The van der Waals surface area contributed by atoms with E-state index in [1.54, 1.807) is 0 Å². The third-order valence-corrected chi connectivity index (χ3v) is 11.3. The minimum atomic E-state index is -3.40. The number of hydrogen-bond acceptors (Lipinski definition) is 1. The standard InChI is InChI=1S/C26H22NP.ClH/c27-22-28(24-15-7-2-8-16-24,25-17-9-3-10-18-25,26-19-11-4-12-20-26)21-23-13-5-1-6-14-23;/h1-20H,21H2;1H. The van der Waals surface area contributed by atoms with Gasteiger partial charge < -0.3 is 0 Å². The second-order valence-corrected chi connectivity index (χ2v) is 11.7. The summed E-state index contributed by atoms with van der Waals surface area (Å²) in [5.74, 6) is 2.96. The van der Waals surface area contributed by atoms with E-state index in [1.807, 2.05) is 60.7 Å². The van der Waals surface area contributed by atoms with Gasteiger partial charge in [0.2, 0.25) is 0 Å². The molecule has 29 heavy (non-hydrogen) atoms. The van der Waals surface area contributed by atoms with E-state index in [-0.39, 0.29) is 12.4 Å². The summed E-state index contributed by atoms with van der Waals surface area (Å²) in [4.78, 5) is 0. The van der Waals surface area contributed by atoms with E-state index in [0.717, 1.165) is 15.9 Å². The van der Waals surface area contributed by atoms with E-state index >= 15 is 0 Å². The van der Waals surface area contributed by atoms with Crippen LogP contribution in [-0.2, 0) is 6.16 Å². The van der Waals surface area contributed by atoms with Crippen LogP contribution < -0.4 is 15.9 Å². The molecule has 0 bridgehead atoms. The molecule has 4 aromatic rings. The first-order valence-electron chi connectivity index (χ1n) is 9.43. The summed E-state index contributed by atoms with van der Waals surface area (Å²) >= 11 is 0. The molecule has 0 unspecified atom stereocenters. The number of halogens is 1. The summed E-state index contributed by atoms with van der Waals surface area (Å²) in [6.45, 7) is -3.40. The van der Waals surface area contributed by atoms with Gasteiger partial charge in [0.25, 0.3) is 0 Å². The molecule has 0 aliphatic heterocycles. The molecule has 4 aromatic carbocycles. The zero-order valence-electron chi connectivity index (χ0n) is 16.1. The number of nitrogens with zero attached hydrogens (tertiary/aromatic N) is 1. The van der Waals surface area contributed by atoms with Gasteiger partial charge in [-0.3, -0.25) is 0 Å². The number of rotatable bonds is 5. The van der Waals surface area contributed by atoms with Crippen molar-refractivity contribution >= 4 is 34.9 Å². The van der Waals surface area contributed by atoms with Gasteiger partial charge in [0.15, 0.2) is 0 Å². The molecule has 144 valence electrons. The molecule has 0 amide bonds. The Hall–Kier alpha value is -2.91. The van der Waals surface area contributed by atoms with Crippen LogP contribution in [0.4, 0.5) is 0 Å². The van der Waals surface area contributed by atoms with Crippen molar-refractivity contribution in [3.8, 4) is 5.81 Å². The van der Waals surface area contributed by atoms with Gasteiger partial charge >= 0.3 is 167 Å². The Morgan fingerprint density at radius 1 is 0.517 bits per heavy atom. The Bertz CT molecular complexity index is 992. The molecule has 0 aliphatic rings. The summed E-state index contributed by atoms with van der Waals surface area (Å²) in [6, 6.07) is 41.5. The van der Waals surface area contributed by atoms with E-state index in [2.05, 4.69) is 66.5 Å². The quantitative estimate of drug-likeness (QED) is 0.388. The van der Waals surface area contributed by atoms with E-state index in [1.165, 1.54) is 5.56 Å². The van der Waals surface area contributed by atoms with E-state index < -0.39 is 6.60 Å². The van der Waals surface area contributed by atoms with Crippen LogP contribution in [0, 0.1) is 11.1 Å². The van der Waals surface area contributed by atoms with Crippen molar-refractivity contribution in [1.82, 2.24) is 0 Å². The monoisotopic (exact) mass is 415 g/mol. The summed E-state index contributed by atoms with van der Waals surface area (Å²) in [5, 5.41) is 14.4. The maximum atomic E-state index is 11.1. The van der Waals surface area contributed by atoms with Crippen molar-refractivity contribution in [3.05, 3.63) is 127 Å². The normalized spacial score (nSPS) is 12.0.